The number of carbonyl (C=O) groups excluding carboxylic acids is 1. The number of pyridine rings is 2. The lowest BCUT2D eigenvalue weighted by molar-refractivity contribution is -0.143. The van der Waals surface area contributed by atoms with Crippen LogP contribution in [0.2, 0.25) is 5.02 Å². The van der Waals surface area contributed by atoms with Gasteiger partial charge in [0, 0.05) is 22.3 Å². The molecule has 4 rings (SSSR count). The highest BCUT2D eigenvalue weighted by atomic mass is 35.5. The molecule has 2 aromatic carbocycles. The normalized spacial score (nSPS) is 12.1. The number of aromatic nitrogens is 2. The van der Waals surface area contributed by atoms with Crippen molar-refractivity contribution in [2.24, 2.45) is 0 Å². The van der Waals surface area contributed by atoms with E-state index < -0.39 is 46.2 Å². The Morgan fingerprint density at radius 1 is 0.917 bits per heavy atom. The van der Waals surface area contributed by atoms with Crippen molar-refractivity contribution < 1.29 is 31.1 Å². The molecule has 0 unspecified atom stereocenters. The molecule has 0 atom stereocenters. The zero-order valence-electron chi connectivity index (χ0n) is 17.9. The first kappa shape index (κ1) is 25.2. The number of nitrogens with one attached hydrogen (secondary N) is 1. The number of rotatable bonds is 4. The highest BCUT2D eigenvalue weighted by Gasteiger charge is 2.37. The van der Waals surface area contributed by atoms with Gasteiger partial charge in [-0.2, -0.15) is 26.3 Å². The Balaban J connectivity index is 1.78. The lowest BCUT2D eigenvalue weighted by atomic mass is 10.1. The van der Waals surface area contributed by atoms with Crippen LogP contribution in [0.4, 0.5) is 32.0 Å². The molecule has 12 heteroatoms. The fraction of sp³-hybridized carbons (Fsp3) is 0.125. The van der Waals surface area contributed by atoms with Gasteiger partial charge in [-0.1, -0.05) is 23.7 Å². The summed E-state index contributed by atoms with van der Waals surface area (Å²) in [7, 11) is 0. The largest absolute Gasteiger partial charge is 0.416 e. The third kappa shape index (κ3) is 5.35. The molecule has 0 spiro atoms. The second kappa shape index (κ2) is 9.30. The van der Waals surface area contributed by atoms with E-state index in [4.69, 9.17) is 11.6 Å². The molecule has 186 valence electrons. The van der Waals surface area contributed by atoms with Crippen molar-refractivity contribution in [3.05, 3.63) is 104 Å². The number of hydrogen-bond acceptors (Lipinski definition) is 3. The summed E-state index contributed by atoms with van der Waals surface area (Å²) in [6.45, 7) is -0.0214. The minimum atomic E-state index is -5.10. The quantitative estimate of drug-likeness (QED) is 0.314. The summed E-state index contributed by atoms with van der Waals surface area (Å²) in [5.41, 5.74) is -4.43. The van der Waals surface area contributed by atoms with Gasteiger partial charge in [-0.15, -0.1) is 0 Å². The number of alkyl halides is 6. The summed E-state index contributed by atoms with van der Waals surface area (Å²) in [4.78, 5) is 30.3. The third-order valence-electron chi connectivity index (χ3n) is 5.19. The molecule has 2 heterocycles. The van der Waals surface area contributed by atoms with Gasteiger partial charge in [-0.05, 0) is 54.1 Å². The lowest BCUT2D eigenvalue weighted by Crippen LogP contribution is -2.30. The number of hydrogen-bond donors (Lipinski definition) is 1. The van der Waals surface area contributed by atoms with E-state index in [1.165, 1.54) is 16.8 Å². The number of anilines is 1. The van der Waals surface area contributed by atoms with Crippen LogP contribution in [0, 0.1) is 0 Å². The van der Waals surface area contributed by atoms with Crippen LogP contribution in [-0.2, 0) is 18.9 Å². The van der Waals surface area contributed by atoms with E-state index in [9.17, 15) is 35.9 Å². The maximum Gasteiger partial charge on any atom is 0.416 e. The summed E-state index contributed by atoms with van der Waals surface area (Å²) in [6.07, 6.45) is -8.76. The van der Waals surface area contributed by atoms with Gasteiger partial charge in [0.05, 0.1) is 17.7 Å². The van der Waals surface area contributed by atoms with E-state index in [0.717, 1.165) is 0 Å². The minimum absolute atomic E-state index is 0.0214. The fourth-order valence-electron chi connectivity index (χ4n) is 3.51. The Hall–Kier alpha value is -3.86. The van der Waals surface area contributed by atoms with Gasteiger partial charge >= 0.3 is 12.4 Å². The molecule has 0 fully saturated rings. The monoisotopic (exact) mass is 525 g/mol. The Bertz CT molecular complexity index is 1480. The average Bonchev–Trinajstić information content (AvgIpc) is 2.80. The Morgan fingerprint density at radius 3 is 2.11 bits per heavy atom. The van der Waals surface area contributed by atoms with E-state index in [-0.39, 0.29) is 18.3 Å². The number of benzene rings is 2. The highest BCUT2D eigenvalue weighted by Crippen LogP contribution is 2.37. The molecule has 0 aliphatic carbocycles. The average molecular weight is 526 g/mol. The van der Waals surface area contributed by atoms with Crippen molar-refractivity contribution in [1.82, 2.24) is 9.55 Å². The van der Waals surface area contributed by atoms with E-state index in [0.29, 0.717) is 28.1 Å². The van der Waals surface area contributed by atoms with Crippen LogP contribution in [0.3, 0.4) is 0 Å². The molecule has 5 nitrogen and oxygen atoms in total. The molecule has 1 N–H and O–H groups in total. The van der Waals surface area contributed by atoms with Crippen LogP contribution in [0.25, 0.3) is 11.0 Å². The zero-order valence-corrected chi connectivity index (χ0v) is 18.7. The molecule has 1 amide bonds. The van der Waals surface area contributed by atoms with Crippen LogP contribution < -0.4 is 10.9 Å². The maximum absolute atomic E-state index is 13.2. The molecular weight excluding hydrogens is 512 g/mol. The molecule has 4 aromatic rings. The smallest absolute Gasteiger partial charge is 0.322 e. The number of fused-ring (bicyclic) bond motifs is 1. The molecule has 36 heavy (non-hydrogen) atoms. The second-order valence-corrected chi connectivity index (χ2v) is 8.18. The Labute approximate surface area is 204 Å². The second-order valence-electron chi connectivity index (χ2n) is 7.74. The van der Waals surface area contributed by atoms with E-state index >= 15 is 0 Å². The molecular formula is C24H14ClF6N3O2. The van der Waals surface area contributed by atoms with Gasteiger partial charge in [-0.25, -0.2) is 4.98 Å². The molecule has 0 saturated heterocycles. The predicted octanol–water partition coefficient (Wildman–Crippen LogP) is 6.39. The molecule has 0 aliphatic heterocycles. The molecule has 0 aliphatic rings. The summed E-state index contributed by atoms with van der Waals surface area (Å²) in [6, 6.07) is 11.4. The van der Waals surface area contributed by atoms with Crippen molar-refractivity contribution in [3.8, 4) is 0 Å². The van der Waals surface area contributed by atoms with Crippen molar-refractivity contribution in [2.45, 2.75) is 18.9 Å². The van der Waals surface area contributed by atoms with Gasteiger partial charge in [0.1, 0.15) is 11.2 Å². The summed E-state index contributed by atoms with van der Waals surface area (Å²) >= 11 is 5.89. The van der Waals surface area contributed by atoms with E-state index in [1.807, 2.05) is 5.32 Å². The zero-order chi connectivity index (χ0) is 26.3. The molecule has 0 bridgehead atoms. The fourth-order valence-corrected chi connectivity index (χ4v) is 3.64. The summed E-state index contributed by atoms with van der Waals surface area (Å²) in [5.74, 6) is -1.18. The topological polar surface area (TPSA) is 64.0 Å². The minimum Gasteiger partial charge on any atom is -0.322 e. The van der Waals surface area contributed by atoms with Crippen LogP contribution in [0.1, 0.15) is 27.0 Å². The van der Waals surface area contributed by atoms with E-state index in [1.54, 1.807) is 36.4 Å². The third-order valence-corrected chi connectivity index (χ3v) is 5.44. The van der Waals surface area contributed by atoms with Crippen molar-refractivity contribution in [1.29, 1.82) is 0 Å². The van der Waals surface area contributed by atoms with Gasteiger partial charge in [0.15, 0.2) is 0 Å². The summed E-state index contributed by atoms with van der Waals surface area (Å²) < 4.78 is 80.2. The SMILES string of the molecule is O=C(Nc1cc(C(F)(F)F)cc(C(F)(F)F)c1)c1cc2cccnc2n(Cc2ccc(Cl)cc2)c1=O. The predicted molar refractivity (Wildman–Crippen MR) is 121 cm³/mol. The maximum atomic E-state index is 13.2. The van der Waals surface area contributed by atoms with Crippen LogP contribution in [0.5, 0.6) is 0 Å². The van der Waals surface area contributed by atoms with Crippen molar-refractivity contribution in [3.63, 3.8) is 0 Å². The first-order chi connectivity index (χ1) is 16.8. The van der Waals surface area contributed by atoms with Crippen molar-refractivity contribution in [2.75, 3.05) is 5.32 Å². The number of amides is 1. The van der Waals surface area contributed by atoms with Crippen LogP contribution >= 0.6 is 11.6 Å². The number of carbonyl (C=O) groups is 1. The van der Waals surface area contributed by atoms with Gasteiger partial charge < -0.3 is 5.32 Å². The lowest BCUT2D eigenvalue weighted by Gasteiger charge is -2.15. The Morgan fingerprint density at radius 2 is 1.53 bits per heavy atom. The van der Waals surface area contributed by atoms with E-state index in [2.05, 4.69) is 4.98 Å². The van der Waals surface area contributed by atoms with Crippen molar-refractivity contribution >= 4 is 34.2 Å². The number of halogens is 7. The van der Waals surface area contributed by atoms with Gasteiger partial charge in [-0.3, -0.25) is 14.2 Å². The standard InChI is InChI=1S/C24H14ClF6N3O2/c25-17-5-3-13(4-6-17)12-34-20-14(2-1-7-32-20)8-19(22(34)36)21(35)33-18-10-15(23(26,27)28)9-16(11-18)24(29,30)31/h1-11H,12H2,(H,33,35). The van der Waals surface area contributed by atoms with Crippen LogP contribution in [0.15, 0.2) is 71.7 Å². The first-order valence-electron chi connectivity index (χ1n) is 10.2. The van der Waals surface area contributed by atoms with Gasteiger partial charge in [0.2, 0.25) is 0 Å². The Kier molecular flexibility index (Phi) is 6.52. The van der Waals surface area contributed by atoms with Gasteiger partial charge in [0.25, 0.3) is 11.5 Å². The number of nitrogens with zero attached hydrogens (tertiary/aromatic N) is 2. The molecule has 0 saturated carbocycles. The van der Waals surface area contributed by atoms with Crippen LogP contribution in [-0.4, -0.2) is 15.5 Å². The summed E-state index contributed by atoms with van der Waals surface area (Å²) in [5, 5.41) is 2.81. The first-order valence-corrected chi connectivity index (χ1v) is 10.5. The molecule has 2 aromatic heterocycles. The highest BCUT2D eigenvalue weighted by molar-refractivity contribution is 6.30. The molecule has 0 radical (unpaired) electrons.